The Labute approximate surface area is 82.6 Å². The van der Waals surface area contributed by atoms with Crippen molar-refractivity contribution >= 4 is 8.41 Å². The maximum absolute atomic E-state index is 4.10. The van der Waals surface area contributed by atoms with Crippen LogP contribution in [0.2, 0.25) is 0 Å². The summed E-state index contributed by atoms with van der Waals surface area (Å²) in [6, 6.07) is 0. The molecule has 0 fully saturated rings. The molecule has 0 aliphatic rings. The number of halogens is 4. The van der Waals surface area contributed by atoms with Crippen molar-refractivity contribution < 1.29 is 18.8 Å². The first-order valence-electron chi connectivity index (χ1n) is 3.41. The van der Waals surface area contributed by atoms with Crippen molar-refractivity contribution in [1.29, 1.82) is 0 Å². The van der Waals surface area contributed by atoms with Gasteiger partial charge in [0.25, 0.3) is 0 Å². The van der Waals surface area contributed by atoms with Gasteiger partial charge in [0.15, 0.2) is 0 Å². The number of aryl methyl sites for hydroxylation is 1. The highest BCUT2D eigenvalue weighted by Crippen LogP contribution is 1.96. The smallest absolute Gasteiger partial charge is 0.105 e. The lowest BCUT2D eigenvalue weighted by molar-refractivity contribution is 0.762. The standard InChI is InChI=1S/C7H12N2.B.4FH/c1-2-3-4-7-8-5-6-9-7;;;;;/h5-6H,2-4H2,1H3,(H,8,9);;4*1H. The van der Waals surface area contributed by atoms with Gasteiger partial charge in [-0.1, -0.05) is 13.3 Å². The highest BCUT2D eigenvalue weighted by Gasteiger charge is 1.90. The van der Waals surface area contributed by atoms with Crippen molar-refractivity contribution in [2.24, 2.45) is 0 Å². The molecule has 14 heavy (non-hydrogen) atoms. The lowest BCUT2D eigenvalue weighted by atomic mass is 10.2. The van der Waals surface area contributed by atoms with E-state index in [1.807, 2.05) is 6.20 Å². The van der Waals surface area contributed by atoms with Crippen LogP contribution in [0.3, 0.4) is 0 Å². The normalized spacial score (nSPS) is 6.36. The molecule has 0 bridgehead atoms. The monoisotopic (exact) mass is 215 g/mol. The third-order valence-corrected chi connectivity index (χ3v) is 1.32. The van der Waals surface area contributed by atoms with Crippen molar-refractivity contribution in [2.45, 2.75) is 26.2 Å². The Balaban J connectivity index is -0.0000000540. The summed E-state index contributed by atoms with van der Waals surface area (Å²) in [6.07, 6.45) is 7.22. The number of nitrogens with one attached hydrogen (secondary N) is 1. The molecule has 0 amide bonds. The Morgan fingerprint density at radius 2 is 1.79 bits per heavy atom. The molecule has 1 aromatic heterocycles. The minimum absolute atomic E-state index is 0. The van der Waals surface area contributed by atoms with Crippen molar-refractivity contribution in [2.75, 3.05) is 0 Å². The second kappa shape index (κ2) is 17.9. The molecular formula is C7H16BF4N2. The average molecular weight is 215 g/mol. The van der Waals surface area contributed by atoms with Crippen LogP contribution in [-0.4, -0.2) is 18.4 Å². The lowest BCUT2D eigenvalue weighted by Crippen LogP contribution is -1.85. The number of imidazole rings is 1. The van der Waals surface area contributed by atoms with Crippen LogP contribution in [0.1, 0.15) is 25.6 Å². The second-order valence-electron chi connectivity index (χ2n) is 2.14. The molecule has 0 saturated heterocycles. The fourth-order valence-corrected chi connectivity index (χ4v) is 0.779. The van der Waals surface area contributed by atoms with E-state index in [4.69, 9.17) is 0 Å². The van der Waals surface area contributed by atoms with Gasteiger partial charge >= 0.3 is 0 Å². The van der Waals surface area contributed by atoms with E-state index in [9.17, 15) is 0 Å². The number of nitrogens with zero attached hydrogens (tertiary/aromatic N) is 1. The molecule has 0 aliphatic carbocycles. The molecule has 1 N–H and O–H groups in total. The Morgan fingerprint density at radius 1 is 1.21 bits per heavy atom. The quantitative estimate of drug-likeness (QED) is 0.606. The van der Waals surface area contributed by atoms with Crippen molar-refractivity contribution in [3.8, 4) is 0 Å². The third kappa shape index (κ3) is 11.0. The third-order valence-electron chi connectivity index (χ3n) is 1.32. The second-order valence-corrected chi connectivity index (χ2v) is 2.14. The number of hydrogen-bond donors (Lipinski definition) is 1. The molecule has 0 atom stereocenters. The van der Waals surface area contributed by atoms with Gasteiger partial charge in [-0.15, -0.1) is 0 Å². The zero-order chi connectivity index (χ0) is 6.53. The summed E-state index contributed by atoms with van der Waals surface area (Å²) in [5, 5.41) is 0. The summed E-state index contributed by atoms with van der Waals surface area (Å²) in [6.45, 7) is 2.18. The molecule has 1 heterocycles. The van der Waals surface area contributed by atoms with E-state index in [2.05, 4.69) is 16.9 Å². The summed E-state index contributed by atoms with van der Waals surface area (Å²) >= 11 is 0. The Morgan fingerprint density at radius 3 is 2.14 bits per heavy atom. The number of rotatable bonds is 3. The minimum Gasteiger partial charge on any atom is -0.349 e. The van der Waals surface area contributed by atoms with E-state index >= 15 is 0 Å². The summed E-state index contributed by atoms with van der Waals surface area (Å²) < 4.78 is 0. The van der Waals surface area contributed by atoms with Gasteiger partial charge in [0.1, 0.15) is 5.82 Å². The molecule has 0 aromatic carbocycles. The van der Waals surface area contributed by atoms with E-state index in [-0.39, 0.29) is 27.2 Å². The van der Waals surface area contributed by atoms with E-state index < -0.39 is 0 Å². The van der Waals surface area contributed by atoms with Crippen LogP contribution in [-0.2, 0) is 6.42 Å². The van der Waals surface area contributed by atoms with Gasteiger partial charge in [-0.05, 0) is 6.42 Å². The maximum atomic E-state index is 4.10. The van der Waals surface area contributed by atoms with E-state index in [1.165, 1.54) is 12.8 Å². The molecule has 7 heteroatoms. The van der Waals surface area contributed by atoms with Crippen LogP contribution in [0, 0.1) is 0 Å². The molecule has 0 spiro atoms. The zero-order valence-corrected chi connectivity index (χ0v) is 7.93. The van der Waals surface area contributed by atoms with E-state index in [0.29, 0.717) is 0 Å². The number of H-pyrrole nitrogens is 1. The van der Waals surface area contributed by atoms with Crippen LogP contribution in [0.4, 0.5) is 18.8 Å². The summed E-state index contributed by atoms with van der Waals surface area (Å²) in [7, 11) is 0. The maximum Gasteiger partial charge on any atom is 0.105 e. The van der Waals surface area contributed by atoms with Gasteiger partial charge in [-0.3, -0.25) is 18.8 Å². The highest BCUT2D eigenvalue weighted by molar-refractivity contribution is 5.75. The topological polar surface area (TPSA) is 28.7 Å². The van der Waals surface area contributed by atoms with Gasteiger partial charge in [0.2, 0.25) is 0 Å². The number of aromatic nitrogens is 2. The van der Waals surface area contributed by atoms with Crippen LogP contribution in [0.15, 0.2) is 12.4 Å². The predicted molar refractivity (Wildman–Crippen MR) is 53.0 cm³/mol. The van der Waals surface area contributed by atoms with Gasteiger partial charge in [0, 0.05) is 27.2 Å². The largest absolute Gasteiger partial charge is 0.349 e. The molecule has 2 nitrogen and oxygen atoms in total. The highest BCUT2D eigenvalue weighted by atomic mass is 19.0. The van der Waals surface area contributed by atoms with Gasteiger partial charge in [-0.2, -0.15) is 0 Å². The van der Waals surface area contributed by atoms with Gasteiger partial charge in [0.05, 0.1) is 0 Å². The Kier molecular flexibility index (Phi) is 37.4. The summed E-state index contributed by atoms with van der Waals surface area (Å²) in [4.78, 5) is 7.16. The molecule has 0 aliphatic heterocycles. The van der Waals surface area contributed by atoms with Crippen LogP contribution in [0.5, 0.6) is 0 Å². The van der Waals surface area contributed by atoms with E-state index in [0.717, 1.165) is 12.2 Å². The minimum atomic E-state index is 0. The fourth-order valence-electron chi connectivity index (χ4n) is 0.779. The molecule has 85 valence electrons. The van der Waals surface area contributed by atoms with Crippen molar-refractivity contribution in [3.05, 3.63) is 18.2 Å². The van der Waals surface area contributed by atoms with Crippen LogP contribution >= 0.6 is 0 Å². The van der Waals surface area contributed by atoms with Crippen molar-refractivity contribution in [1.82, 2.24) is 9.97 Å². The SMILES string of the molecule is CCCCc1ncc[nH]1.F.F.F.F.[B]. The first kappa shape index (κ1) is 29.3. The zero-order valence-electron chi connectivity index (χ0n) is 7.93. The number of aromatic amines is 1. The molecule has 3 radical (unpaired) electrons. The Hall–Kier alpha value is -1.01. The molecule has 1 rings (SSSR count). The molecule has 0 saturated carbocycles. The van der Waals surface area contributed by atoms with Crippen molar-refractivity contribution in [3.63, 3.8) is 0 Å². The first-order chi connectivity index (χ1) is 4.43. The van der Waals surface area contributed by atoms with E-state index in [1.54, 1.807) is 6.20 Å². The van der Waals surface area contributed by atoms with Gasteiger partial charge in [-0.25, -0.2) is 4.98 Å². The average Bonchev–Trinajstić information content (AvgIpc) is 2.34. The summed E-state index contributed by atoms with van der Waals surface area (Å²) in [5.74, 6) is 1.11. The Bertz CT molecular complexity index is 161. The molecular weight excluding hydrogens is 199 g/mol. The fraction of sp³-hybridized carbons (Fsp3) is 0.571. The number of hydrogen-bond acceptors (Lipinski definition) is 1. The number of unbranched alkanes of at least 4 members (excludes halogenated alkanes) is 1. The molecule has 1 aromatic rings. The lowest BCUT2D eigenvalue weighted by Gasteiger charge is -1.90. The first-order valence-corrected chi connectivity index (χ1v) is 3.41. The molecule has 0 unspecified atom stereocenters. The van der Waals surface area contributed by atoms with Crippen LogP contribution < -0.4 is 0 Å². The summed E-state index contributed by atoms with van der Waals surface area (Å²) in [5.41, 5.74) is 0. The van der Waals surface area contributed by atoms with Gasteiger partial charge < -0.3 is 4.98 Å². The predicted octanol–water partition coefficient (Wildman–Crippen LogP) is 1.98. The van der Waals surface area contributed by atoms with Crippen LogP contribution in [0.25, 0.3) is 0 Å².